The summed E-state index contributed by atoms with van der Waals surface area (Å²) < 4.78 is 0. The number of benzene rings is 1. The average Bonchev–Trinajstić information content (AvgIpc) is 2.29. The monoisotopic (exact) mass is 232 g/mol. The summed E-state index contributed by atoms with van der Waals surface area (Å²) in [4.78, 5) is 0. The highest BCUT2D eigenvalue weighted by atomic mass is 16.3. The number of rotatable bonds is 5. The van der Waals surface area contributed by atoms with E-state index in [9.17, 15) is 5.11 Å². The highest BCUT2D eigenvalue weighted by molar-refractivity contribution is 5.30. The summed E-state index contributed by atoms with van der Waals surface area (Å²) in [5, 5.41) is 10.7. The molecule has 0 spiro atoms. The molecule has 1 heteroatoms. The molecule has 0 radical (unpaired) electrons. The lowest BCUT2D eigenvalue weighted by Crippen LogP contribution is -2.48. The Labute approximate surface area is 105 Å². The van der Waals surface area contributed by atoms with Crippen LogP contribution in [-0.4, -0.2) is 11.2 Å². The second-order valence-electron chi connectivity index (χ2n) is 5.59. The molecule has 0 heterocycles. The minimum Gasteiger partial charge on any atom is -0.392 e. The zero-order valence-electron chi connectivity index (χ0n) is 11.0. The second-order valence-corrected chi connectivity index (χ2v) is 5.59. The van der Waals surface area contributed by atoms with E-state index >= 15 is 0 Å². The lowest BCUT2D eigenvalue weighted by Gasteiger charge is -2.48. The van der Waals surface area contributed by atoms with E-state index in [0.717, 1.165) is 25.7 Å². The van der Waals surface area contributed by atoms with Crippen LogP contribution in [0.15, 0.2) is 30.3 Å². The van der Waals surface area contributed by atoms with Crippen LogP contribution in [0.4, 0.5) is 0 Å². The summed E-state index contributed by atoms with van der Waals surface area (Å²) in [6.45, 7) is 4.39. The number of aliphatic hydroxyl groups excluding tert-OH is 1. The van der Waals surface area contributed by atoms with Crippen molar-refractivity contribution in [3.8, 4) is 0 Å². The zero-order valence-corrected chi connectivity index (χ0v) is 11.0. The van der Waals surface area contributed by atoms with Gasteiger partial charge in [0.15, 0.2) is 0 Å². The molecular formula is C16H24O. The first kappa shape index (κ1) is 12.6. The molecule has 1 fully saturated rings. The minimum atomic E-state index is -0.182. The molecule has 0 aromatic heterocycles. The van der Waals surface area contributed by atoms with E-state index in [1.165, 1.54) is 12.0 Å². The Morgan fingerprint density at radius 2 is 1.88 bits per heavy atom. The predicted molar refractivity (Wildman–Crippen MR) is 72.0 cm³/mol. The van der Waals surface area contributed by atoms with Crippen molar-refractivity contribution in [3.05, 3.63) is 35.9 Å². The van der Waals surface area contributed by atoms with Crippen LogP contribution in [0.5, 0.6) is 0 Å². The smallest absolute Gasteiger partial charge is 0.0662 e. The minimum absolute atomic E-state index is 0.0514. The van der Waals surface area contributed by atoms with Gasteiger partial charge < -0.3 is 5.11 Å². The molecule has 2 rings (SSSR count). The molecule has 0 bridgehead atoms. The Morgan fingerprint density at radius 1 is 1.24 bits per heavy atom. The molecule has 0 aliphatic heterocycles. The first-order valence-electron chi connectivity index (χ1n) is 6.94. The standard InChI is InChI=1S/C16H24O/c1-3-8-13(2)15(17)16(11-7-12-16)14-9-5-4-6-10-14/h4-6,9-10,13,15,17H,3,7-8,11-12H2,1-2H3. The van der Waals surface area contributed by atoms with Crippen molar-refractivity contribution >= 4 is 0 Å². The van der Waals surface area contributed by atoms with Gasteiger partial charge in [-0.25, -0.2) is 0 Å². The van der Waals surface area contributed by atoms with E-state index in [1.54, 1.807) is 0 Å². The van der Waals surface area contributed by atoms with Gasteiger partial charge in [0.2, 0.25) is 0 Å². The van der Waals surface area contributed by atoms with Crippen molar-refractivity contribution in [2.24, 2.45) is 5.92 Å². The Kier molecular flexibility index (Phi) is 3.88. The van der Waals surface area contributed by atoms with Crippen molar-refractivity contribution < 1.29 is 5.11 Å². The topological polar surface area (TPSA) is 20.2 Å². The molecule has 17 heavy (non-hydrogen) atoms. The average molecular weight is 232 g/mol. The largest absolute Gasteiger partial charge is 0.392 e. The summed E-state index contributed by atoms with van der Waals surface area (Å²) in [7, 11) is 0. The van der Waals surface area contributed by atoms with Gasteiger partial charge in [-0.05, 0) is 30.7 Å². The Balaban J connectivity index is 2.20. The van der Waals surface area contributed by atoms with Crippen molar-refractivity contribution in [3.63, 3.8) is 0 Å². The zero-order chi connectivity index (χ0) is 12.3. The fourth-order valence-corrected chi connectivity index (χ4v) is 3.24. The fraction of sp³-hybridized carbons (Fsp3) is 0.625. The third-order valence-electron chi connectivity index (χ3n) is 4.44. The van der Waals surface area contributed by atoms with Gasteiger partial charge in [0.1, 0.15) is 0 Å². The van der Waals surface area contributed by atoms with Crippen LogP contribution in [0.1, 0.15) is 51.5 Å². The normalized spacial score (nSPS) is 21.6. The molecule has 1 aromatic carbocycles. The van der Waals surface area contributed by atoms with Gasteiger partial charge in [-0.1, -0.05) is 57.0 Å². The SMILES string of the molecule is CCCC(C)C(O)C1(c2ccccc2)CCC1. The first-order valence-corrected chi connectivity index (χ1v) is 6.94. The quantitative estimate of drug-likeness (QED) is 0.816. The fourth-order valence-electron chi connectivity index (χ4n) is 3.24. The van der Waals surface area contributed by atoms with E-state index in [1.807, 2.05) is 0 Å². The van der Waals surface area contributed by atoms with Crippen LogP contribution < -0.4 is 0 Å². The number of hydrogen-bond donors (Lipinski definition) is 1. The Hall–Kier alpha value is -0.820. The maximum absolute atomic E-state index is 10.7. The van der Waals surface area contributed by atoms with Gasteiger partial charge in [0.25, 0.3) is 0 Å². The maximum Gasteiger partial charge on any atom is 0.0662 e. The molecule has 1 aromatic rings. The van der Waals surface area contributed by atoms with Gasteiger partial charge in [-0.2, -0.15) is 0 Å². The summed E-state index contributed by atoms with van der Waals surface area (Å²) in [5.74, 6) is 0.403. The van der Waals surface area contributed by atoms with Gasteiger partial charge in [-0.15, -0.1) is 0 Å². The van der Waals surface area contributed by atoms with Crippen molar-refractivity contribution in [2.45, 2.75) is 57.5 Å². The summed E-state index contributed by atoms with van der Waals surface area (Å²) in [6, 6.07) is 10.6. The van der Waals surface area contributed by atoms with E-state index < -0.39 is 0 Å². The molecule has 1 N–H and O–H groups in total. The molecule has 0 saturated heterocycles. The highest BCUT2D eigenvalue weighted by Crippen LogP contribution is 2.48. The van der Waals surface area contributed by atoms with Gasteiger partial charge in [0, 0.05) is 5.41 Å². The molecule has 2 unspecified atom stereocenters. The maximum atomic E-state index is 10.7. The van der Waals surface area contributed by atoms with Crippen LogP contribution in [0.2, 0.25) is 0 Å². The van der Waals surface area contributed by atoms with Crippen LogP contribution in [0, 0.1) is 5.92 Å². The predicted octanol–water partition coefficient (Wildman–Crippen LogP) is 3.91. The molecule has 0 amide bonds. The van der Waals surface area contributed by atoms with Crippen molar-refractivity contribution in [2.75, 3.05) is 0 Å². The van der Waals surface area contributed by atoms with E-state index in [4.69, 9.17) is 0 Å². The molecule has 2 atom stereocenters. The lowest BCUT2D eigenvalue weighted by molar-refractivity contribution is -0.0115. The lowest BCUT2D eigenvalue weighted by atomic mass is 9.58. The molecule has 1 aliphatic rings. The molecule has 1 saturated carbocycles. The Bertz CT molecular complexity index is 340. The van der Waals surface area contributed by atoms with Gasteiger partial charge in [0.05, 0.1) is 6.10 Å². The summed E-state index contributed by atoms with van der Waals surface area (Å²) in [5.41, 5.74) is 1.39. The van der Waals surface area contributed by atoms with Crippen LogP contribution in [0.3, 0.4) is 0 Å². The van der Waals surface area contributed by atoms with E-state index in [-0.39, 0.29) is 11.5 Å². The molecule has 1 nitrogen and oxygen atoms in total. The van der Waals surface area contributed by atoms with Crippen LogP contribution in [0.25, 0.3) is 0 Å². The number of aliphatic hydroxyl groups is 1. The third-order valence-corrected chi connectivity index (χ3v) is 4.44. The first-order chi connectivity index (χ1) is 8.20. The van der Waals surface area contributed by atoms with E-state index in [0.29, 0.717) is 5.92 Å². The third kappa shape index (κ3) is 2.26. The van der Waals surface area contributed by atoms with Crippen LogP contribution in [-0.2, 0) is 5.41 Å². The number of hydrogen-bond acceptors (Lipinski definition) is 1. The van der Waals surface area contributed by atoms with Crippen molar-refractivity contribution in [1.29, 1.82) is 0 Å². The molecular weight excluding hydrogens is 208 g/mol. The van der Waals surface area contributed by atoms with Gasteiger partial charge >= 0.3 is 0 Å². The van der Waals surface area contributed by atoms with E-state index in [2.05, 4.69) is 44.2 Å². The molecule has 1 aliphatic carbocycles. The molecule has 94 valence electrons. The van der Waals surface area contributed by atoms with Crippen LogP contribution >= 0.6 is 0 Å². The second kappa shape index (κ2) is 5.22. The van der Waals surface area contributed by atoms with Gasteiger partial charge in [-0.3, -0.25) is 0 Å². The highest BCUT2D eigenvalue weighted by Gasteiger charge is 2.46. The summed E-state index contributed by atoms with van der Waals surface area (Å²) in [6.07, 6.45) is 5.64. The summed E-state index contributed by atoms with van der Waals surface area (Å²) >= 11 is 0. The van der Waals surface area contributed by atoms with Crippen molar-refractivity contribution in [1.82, 2.24) is 0 Å². The Morgan fingerprint density at radius 3 is 2.35 bits per heavy atom.